The molecule has 0 spiro atoms. The molecule has 0 amide bonds. The molecule has 1 aromatic heterocycles. The molecule has 0 aliphatic rings. The number of rotatable bonds is 3. The molecule has 16 heavy (non-hydrogen) atoms. The van der Waals surface area contributed by atoms with Gasteiger partial charge in [-0.15, -0.1) is 0 Å². The monoisotopic (exact) mass is 235 g/mol. The molecule has 0 atom stereocenters. The molecule has 4 nitrogen and oxygen atoms in total. The van der Waals surface area contributed by atoms with Crippen LogP contribution in [0.5, 0.6) is 0 Å². The molecule has 0 aliphatic carbocycles. The van der Waals surface area contributed by atoms with Crippen LogP contribution in [0.25, 0.3) is 0 Å². The van der Waals surface area contributed by atoms with Crippen molar-refractivity contribution in [2.24, 2.45) is 0 Å². The Morgan fingerprint density at radius 1 is 1.44 bits per heavy atom. The topological polar surface area (TPSA) is 57.8 Å². The summed E-state index contributed by atoms with van der Waals surface area (Å²) in [4.78, 5) is 17.8. The van der Waals surface area contributed by atoms with Gasteiger partial charge in [0.15, 0.2) is 5.82 Å². The van der Waals surface area contributed by atoms with E-state index < -0.39 is 0 Å². The van der Waals surface area contributed by atoms with Crippen LogP contribution in [0.3, 0.4) is 0 Å². The van der Waals surface area contributed by atoms with Gasteiger partial charge in [0.05, 0.1) is 0 Å². The lowest BCUT2D eigenvalue weighted by Gasteiger charge is -2.04. The van der Waals surface area contributed by atoms with Crippen LogP contribution in [0.15, 0.2) is 41.5 Å². The van der Waals surface area contributed by atoms with Gasteiger partial charge in [-0.2, -0.15) is 0 Å². The number of halogens is 1. The first-order valence-corrected chi connectivity index (χ1v) is 5.15. The van der Waals surface area contributed by atoms with Gasteiger partial charge in [0.25, 0.3) is 5.56 Å². The summed E-state index contributed by atoms with van der Waals surface area (Å²) in [5.41, 5.74) is 0.766. The first-order valence-electron chi connectivity index (χ1n) is 4.78. The molecule has 0 aliphatic heterocycles. The Kier molecular flexibility index (Phi) is 3.22. The zero-order valence-corrected chi connectivity index (χ0v) is 9.16. The van der Waals surface area contributed by atoms with Gasteiger partial charge >= 0.3 is 0 Å². The number of hydrogen-bond acceptors (Lipinski definition) is 3. The first kappa shape index (κ1) is 10.7. The van der Waals surface area contributed by atoms with Crippen molar-refractivity contribution in [3.63, 3.8) is 0 Å². The average molecular weight is 236 g/mol. The number of nitrogens with one attached hydrogen (secondary N) is 2. The van der Waals surface area contributed by atoms with Crippen molar-refractivity contribution in [3.8, 4) is 0 Å². The highest BCUT2D eigenvalue weighted by Crippen LogP contribution is 2.11. The summed E-state index contributed by atoms with van der Waals surface area (Å²) in [5.74, 6) is 0.308. The number of aromatic nitrogens is 2. The van der Waals surface area contributed by atoms with Crippen LogP contribution in [0.2, 0.25) is 5.02 Å². The average Bonchev–Trinajstić information content (AvgIpc) is 2.28. The second-order valence-corrected chi connectivity index (χ2v) is 3.69. The SMILES string of the molecule is O=c1[nH]ccnc1NCc1cccc(Cl)c1. The number of anilines is 1. The van der Waals surface area contributed by atoms with Crippen molar-refractivity contribution in [3.05, 3.63) is 57.6 Å². The third kappa shape index (κ3) is 2.61. The maximum absolute atomic E-state index is 11.3. The van der Waals surface area contributed by atoms with Gasteiger partial charge in [-0.1, -0.05) is 23.7 Å². The van der Waals surface area contributed by atoms with E-state index in [2.05, 4.69) is 15.3 Å². The van der Waals surface area contributed by atoms with E-state index in [0.29, 0.717) is 17.4 Å². The zero-order chi connectivity index (χ0) is 11.4. The van der Waals surface area contributed by atoms with E-state index in [4.69, 9.17) is 11.6 Å². The number of nitrogens with zero attached hydrogens (tertiary/aromatic N) is 1. The Morgan fingerprint density at radius 3 is 3.06 bits per heavy atom. The van der Waals surface area contributed by atoms with Crippen LogP contribution in [-0.2, 0) is 6.54 Å². The molecule has 2 N–H and O–H groups in total. The van der Waals surface area contributed by atoms with Crippen molar-refractivity contribution in [2.45, 2.75) is 6.54 Å². The van der Waals surface area contributed by atoms with Gasteiger partial charge in [-0.05, 0) is 17.7 Å². The lowest BCUT2D eigenvalue weighted by molar-refractivity contribution is 1.06. The van der Waals surface area contributed by atoms with Crippen LogP contribution in [0.4, 0.5) is 5.82 Å². The largest absolute Gasteiger partial charge is 0.361 e. The van der Waals surface area contributed by atoms with Crippen molar-refractivity contribution in [1.29, 1.82) is 0 Å². The smallest absolute Gasteiger partial charge is 0.290 e. The lowest BCUT2D eigenvalue weighted by atomic mass is 10.2. The third-order valence-corrected chi connectivity index (χ3v) is 2.29. The number of aromatic amines is 1. The minimum atomic E-state index is -0.232. The fourth-order valence-electron chi connectivity index (χ4n) is 1.31. The van der Waals surface area contributed by atoms with E-state index >= 15 is 0 Å². The maximum atomic E-state index is 11.3. The first-order chi connectivity index (χ1) is 7.75. The van der Waals surface area contributed by atoms with Crippen molar-refractivity contribution in [2.75, 3.05) is 5.32 Å². The van der Waals surface area contributed by atoms with E-state index in [1.54, 1.807) is 6.07 Å². The van der Waals surface area contributed by atoms with Gasteiger partial charge in [0.1, 0.15) is 0 Å². The summed E-state index contributed by atoms with van der Waals surface area (Å²) >= 11 is 5.85. The van der Waals surface area contributed by atoms with Crippen LogP contribution in [0.1, 0.15) is 5.56 Å². The Bertz CT molecular complexity index is 539. The van der Waals surface area contributed by atoms with Crippen molar-refractivity contribution >= 4 is 17.4 Å². The minimum absolute atomic E-state index is 0.232. The maximum Gasteiger partial charge on any atom is 0.290 e. The normalized spacial score (nSPS) is 10.1. The molecule has 0 fully saturated rings. The Morgan fingerprint density at radius 2 is 2.31 bits per heavy atom. The molecule has 0 bridgehead atoms. The number of H-pyrrole nitrogens is 1. The Hall–Kier alpha value is -1.81. The summed E-state index contributed by atoms with van der Waals surface area (Å²) in [6.07, 6.45) is 3.02. The molecule has 2 rings (SSSR count). The van der Waals surface area contributed by atoms with Gasteiger partial charge in [0.2, 0.25) is 0 Å². The molecule has 0 radical (unpaired) electrons. The molecule has 0 saturated carbocycles. The van der Waals surface area contributed by atoms with Crippen LogP contribution >= 0.6 is 11.6 Å². The van der Waals surface area contributed by atoms with E-state index in [1.165, 1.54) is 12.4 Å². The van der Waals surface area contributed by atoms with E-state index in [1.807, 2.05) is 18.2 Å². The van der Waals surface area contributed by atoms with E-state index in [9.17, 15) is 4.79 Å². The lowest BCUT2D eigenvalue weighted by Crippen LogP contribution is -2.14. The highest BCUT2D eigenvalue weighted by molar-refractivity contribution is 6.30. The van der Waals surface area contributed by atoms with Gasteiger partial charge in [-0.25, -0.2) is 4.98 Å². The summed E-state index contributed by atoms with van der Waals surface area (Å²) in [7, 11) is 0. The standard InChI is InChI=1S/C11H10ClN3O/c12-9-3-1-2-8(6-9)7-15-10-11(16)14-5-4-13-10/h1-6H,7H2,(H,13,15)(H,14,16). The van der Waals surface area contributed by atoms with Crippen LogP contribution < -0.4 is 10.9 Å². The number of hydrogen-bond donors (Lipinski definition) is 2. The highest BCUT2D eigenvalue weighted by atomic mass is 35.5. The fourth-order valence-corrected chi connectivity index (χ4v) is 1.52. The quantitative estimate of drug-likeness (QED) is 0.856. The van der Waals surface area contributed by atoms with Crippen molar-refractivity contribution in [1.82, 2.24) is 9.97 Å². The molecule has 0 saturated heterocycles. The fraction of sp³-hybridized carbons (Fsp3) is 0.0909. The molecule has 2 aromatic rings. The molecular formula is C11H10ClN3O. The van der Waals surface area contributed by atoms with Gasteiger partial charge in [0, 0.05) is 24.0 Å². The second-order valence-electron chi connectivity index (χ2n) is 3.25. The Labute approximate surface area is 97.3 Å². The molecule has 5 heteroatoms. The third-order valence-electron chi connectivity index (χ3n) is 2.06. The number of benzene rings is 1. The predicted octanol–water partition coefficient (Wildman–Crippen LogP) is 2.04. The molecule has 0 unspecified atom stereocenters. The van der Waals surface area contributed by atoms with Gasteiger partial charge < -0.3 is 10.3 Å². The highest BCUT2D eigenvalue weighted by Gasteiger charge is 1.99. The molecular weight excluding hydrogens is 226 g/mol. The van der Waals surface area contributed by atoms with E-state index in [0.717, 1.165) is 5.56 Å². The van der Waals surface area contributed by atoms with Crippen LogP contribution in [0, 0.1) is 0 Å². The van der Waals surface area contributed by atoms with Gasteiger partial charge in [-0.3, -0.25) is 4.79 Å². The summed E-state index contributed by atoms with van der Waals surface area (Å²) in [6, 6.07) is 7.43. The summed E-state index contributed by atoms with van der Waals surface area (Å²) < 4.78 is 0. The second kappa shape index (κ2) is 4.81. The Balaban J connectivity index is 2.08. The van der Waals surface area contributed by atoms with E-state index in [-0.39, 0.29) is 5.56 Å². The predicted molar refractivity (Wildman–Crippen MR) is 63.6 cm³/mol. The summed E-state index contributed by atoms with van der Waals surface area (Å²) in [5, 5.41) is 3.62. The molecule has 1 aromatic carbocycles. The molecule has 1 heterocycles. The van der Waals surface area contributed by atoms with Crippen molar-refractivity contribution < 1.29 is 0 Å². The van der Waals surface area contributed by atoms with Crippen LogP contribution in [-0.4, -0.2) is 9.97 Å². The zero-order valence-electron chi connectivity index (χ0n) is 8.40. The minimum Gasteiger partial charge on any atom is -0.361 e. The molecule has 82 valence electrons. The summed E-state index contributed by atoms with van der Waals surface area (Å²) in [6.45, 7) is 0.515.